The standard InChI is InChI=1S/C19H26N4O/c1-16-6-8-17(9-7-16)12-18-4-2-10-22(13-18)19(24)5-3-11-23-15-20-14-21-23/h6-9,14-15,18H,2-5,10-13H2,1H3/t18-/m1/s1. The number of carbonyl (C=O) groups excluding carboxylic acids is 1. The Balaban J connectivity index is 1.45. The lowest BCUT2D eigenvalue weighted by Gasteiger charge is -2.33. The predicted molar refractivity (Wildman–Crippen MR) is 93.4 cm³/mol. The van der Waals surface area contributed by atoms with Crippen LogP contribution >= 0.6 is 0 Å². The van der Waals surface area contributed by atoms with Crippen molar-refractivity contribution < 1.29 is 4.79 Å². The van der Waals surface area contributed by atoms with Gasteiger partial charge in [0.2, 0.25) is 5.91 Å². The van der Waals surface area contributed by atoms with Gasteiger partial charge in [-0.25, -0.2) is 4.98 Å². The third-order valence-electron chi connectivity index (χ3n) is 4.76. The van der Waals surface area contributed by atoms with Gasteiger partial charge in [-0.15, -0.1) is 0 Å². The zero-order chi connectivity index (χ0) is 16.8. The summed E-state index contributed by atoms with van der Waals surface area (Å²) in [6.45, 7) is 4.68. The summed E-state index contributed by atoms with van der Waals surface area (Å²) < 4.78 is 1.78. The first kappa shape index (κ1) is 16.7. The molecule has 0 unspecified atom stereocenters. The molecule has 0 N–H and O–H groups in total. The highest BCUT2D eigenvalue weighted by atomic mass is 16.2. The summed E-state index contributed by atoms with van der Waals surface area (Å²) in [6.07, 6.45) is 8.05. The molecule has 0 radical (unpaired) electrons. The van der Waals surface area contributed by atoms with Crippen LogP contribution < -0.4 is 0 Å². The van der Waals surface area contributed by atoms with E-state index in [4.69, 9.17) is 0 Å². The fraction of sp³-hybridized carbons (Fsp3) is 0.526. The summed E-state index contributed by atoms with van der Waals surface area (Å²) in [5, 5.41) is 4.07. The number of amides is 1. The summed E-state index contributed by atoms with van der Waals surface area (Å²) in [5.74, 6) is 0.865. The van der Waals surface area contributed by atoms with Crippen LogP contribution in [0.25, 0.3) is 0 Å². The van der Waals surface area contributed by atoms with Crippen LogP contribution in [0.1, 0.15) is 36.8 Å². The topological polar surface area (TPSA) is 51.0 Å². The van der Waals surface area contributed by atoms with Crippen LogP contribution in [0.2, 0.25) is 0 Å². The average Bonchev–Trinajstić information content (AvgIpc) is 3.10. The number of nitrogens with zero attached hydrogens (tertiary/aromatic N) is 4. The number of carbonyl (C=O) groups is 1. The number of piperidine rings is 1. The van der Waals surface area contributed by atoms with Gasteiger partial charge in [-0.3, -0.25) is 9.48 Å². The van der Waals surface area contributed by atoms with Gasteiger partial charge < -0.3 is 4.90 Å². The van der Waals surface area contributed by atoms with Gasteiger partial charge in [0.1, 0.15) is 12.7 Å². The summed E-state index contributed by atoms with van der Waals surface area (Å²) >= 11 is 0. The fourth-order valence-corrected chi connectivity index (χ4v) is 3.41. The lowest BCUT2D eigenvalue weighted by atomic mass is 9.91. The Morgan fingerprint density at radius 1 is 1.29 bits per heavy atom. The average molecular weight is 326 g/mol. The molecule has 3 rings (SSSR count). The molecule has 1 aliphatic heterocycles. The first-order valence-corrected chi connectivity index (χ1v) is 8.86. The maximum atomic E-state index is 12.4. The van der Waals surface area contributed by atoms with Gasteiger partial charge in [0.25, 0.3) is 0 Å². The largest absolute Gasteiger partial charge is 0.342 e. The second kappa shape index (κ2) is 8.08. The Bertz CT molecular complexity index is 636. The molecule has 0 saturated carbocycles. The lowest BCUT2D eigenvalue weighted by molar-refractivity contribution is -0.133. The molecule has 128 valence electrons. The lowest BCUT2D eigenvalue weighted by Crippen LogP contribution is -2.40. The molecule has 5 nitrogen and oxygen atoms in total. The first-order valence-electron chi connectivity index (χ1n) is 8.86. The Kier molecular flexibility index (Phi) is 5.62. The minimum Gasteiger partial charge on any atom is -0.342 e. The van der Waals surface area contributed by atoms with Crippen molar-refractivity contribution in [2.24, 2.45) is 5.92 Å². The van der Waals surface area contributed by atoms with Crippen molar-refractivity contribution in [2.75, 3.05) is 13.1 Å². The highest BCUT2D eigenvalue weighted by Gasteiger charge is 2.23. The number of likely N-dealkylation sites (tertiary alicyclic amines) is 1. The zero-order valence-corrected chi connectivity index (χ0v) is 14.4. The van der Waals surface area contributed by atoms with E-state index in [1.165, 1.54) is 23.9 Å². The summed E-state index contributed by atoms with van der Waals surface area (Å²) in [6, 6.07) is 8.78. The van der Waals surface area contributed by atoms with E-state index in [-0.39, 0.29) is 5.91 Å². The van der Waals surface area contributed by atoms with Gasteiger partial charge in [0, 0.05) is 26.1 Å². The van der Waals surface area contributed by atoms with E-state index in [9.17, 15) is 4.79 Å². The van der Waals surface area contributed by atoms with Gasteiger partial charge in [0.15, 0.2) is 0 Å². The van der Waals surface area contributed by atoms with Gasteiger partial charge in [0.05, 0.1) is 0 Å². The minimum atomic E-state index is 0.281. The highest BCUT2D eigenvalue weighted by molar-refractivity contribution is 5.76. The second-order valence-corrected chi connectivity index (χ2v) is 6.80. The molecular formula is C19H26N4O. The van der Waals surface area contributed by atoms with E-state index in [1.807, 2.05) is 0 Å². The molecule has 1 saturated heterocycles. The third-order valence-corrected chi connectivity index (χ3v) is 4.76. The van der Waals surface area contributed by atoms with Gasteiger partial charge in [-0.05, 0) is 44.1 Å². The molecule has 0 aliphatic carbocycles. The Labute approximate surface area is 143 Å². The summed E-state index contributed by atoms with van der Waals surface area (Å²) in [4.78, 5) is 18.4. The van der Waals surface area contributed by atoms with Crippen LogP contribution in [-0.2, 0) is 17.8 Å². The van der Waals surface area contributed by atoms with Crippen LogP contribution in [0.15, 0.2) is 36.9 Å². The van der Waals surface area contributed by atoms with E-state index in [1.54, 1.807) is 11.0 Å². The molecule has 2 heterocycles. The van der Waals surface area contributed by atoms with Crippen molar-refractivity contribution in [1.29, 1.82) is 0 Å². The predicted octanol–water partition coefficient (Wildman–Crippen LogP) is 2.85. The molecular weight excluding hydrogens is 300 g/mol. The third kappa shape index (κ3) is 4.66. The van der Waals surface area contributed by atoms with Crippen LogP contribution in [0.5, 0.6) is 0 Å². The summed E-state index contributed by atoms with van der Waals surface area (Å²) in [5.41, 5.74) is 2.68. The van der Waals surface area contributed by atoms with E-state index in [2.05, 4.69) is 46.2 Å². The molecule has 1 aromatic carbocycles. The molecule has 5 heteroatoms. The van der Waals surface area contributed by atoms with Gasteiger partial charge in [-0.1, -0.05) is 29.8 Å². The number of aromatic nitrogens is 3. The van der Waals surface area contributed by atoms with Crippen molar-refractivity contribution in [3.8, 4) is 0 Å². The first-order chi connectivity index (χ1) is 11.7. The smallest absolute Gasteiger partial charge is 0.222 e. The summed E-state index contributed by atoms with van der Waals surface area (Å²) in [7, 11) is 0. The van der Waals surface area contributed by atoms with Gasteiger partial charge in [-0.2, -0.15) is 5.10 Å². The van der Waals surface area contributed by atoms with E-state index in [0.717, 1.165) is 38.9 Å². The van der Waals surface area contributed by atoms with Crippen LogP contribution in [0.3, 0.4) is 0 Å². The fourth-order valence-electron chi connectivity index (χ4n) is 3.41. The number of benzene rings is 1. The Morgan fingerprint density at radius 3 is 2.88 bits per heavy atom. The molecule has 1 aromatic heterocycles. The number of hydrogen-bond donors (Lipinski definition) is 0. The SMILES string of the molecule is Cc1ccc(C[C@H]2CCCN(C(=O)CCCn3cncn3)C2)cc1. The second-order valence-electron chi connectivity index (χ2n) is 6.80. The number of hydrogen-bond acceptors (Lipinski definition) is 3. The highest BCUT2D eigenvalue weighted by Crippen LogP contribution is 2.22. The molecule has 0 spiro atoms. The number of aryl methyl sites for hydroxylation is 2. The van der Waals surface area contributed by atoms with Gasteiger partial charge >= 0.3 is 0 Å². The maximum absolute atomic E-state index is 12.4. The van der Waals surface area contributed by atoms with E-state index >= 15 is 0 Å². The van der Waals surface area contributed by atoms with Crippen molar-refractivity contribution in [1.82, 2.24) is 19.7 Å². The van der Waals surface area contributed by atoms with E-state index in [0.29, 0.717) is 12.3 Å². The molecule has 0 bridgehead atoms. The monoisotopic (exact) mass is 326 g/mol. The van der Waals surface area contributed by atoms with Crippen molar-refractivity contribution in [2.45, 2.75) is 45.6 Å². The molecule has 1 fully saturated rings. The van der Waals surface area contributed by atoms with E-state index < -0.39 is 0 Å². The normalized spacial score (nSPS) is 17.9. The number of rotatable bonds is 6. The van der Waals surface area contributed by atoms with Crippen molar-refractivity contribution in [3.05, 3.63) is 48.0 Å². The van der Waals surface area contributed by atoms with Crippen LogP contribution in [0, 0.1) is 12.8 Å². The molecule has 24 heavy (non-hydrogen) atoms. The molecule has 1 atom stereocenters. The van der Waals surface area contributed by atoms with Crippen LogP contribution in [-0.4, -0.2) is 38.7 Å². The van der Waals surface area contributed by atoms with Crippen molar-refractivity contribution in [3.63, 3.8) is 0 Å². The minimum absolute atomic E-state index is 0.281. The van der Waals surface area contributed by atoms with Crippen LogP contribution in [0.4, 0.5) is 0 Å². The quantitative estimate of drug-likeness (QED) is 0.820. The molecule has 1 amide bonds. The maximum Gasteiger partial charge on any atom is 0.222 e. The molecule has 2 aromatic rings. The Hall–Kier alpha value is -2.17. The van der Waals surface area contributed by atoms with Crippen molar-refractivity contribution >= 4 is 5.91 Å². The Morgan fingerprint density at radius 2 is 2.12 bits per heavy atom. The zero-order valence-electron chi connectivity index (χ0n) is 14.4. The molecule has 1 aliphatic rings.